The first-order chi connectivity index (χ1) is 10.1. The summed E-state index contributed by atoms with van der Waals surface area (Å²) in [5, 5.41) is 3.03. The van der Waals surface area contributed by atoms with E-state index in [1.165, 1.54) is 5.56 Å². The monoisotopic (exact) mass is 349 g/mol. The standard InChI is InChI=1S/C17H20BrNO2/c1-13(4-5-14-6-8-15(18)9-7-14)19-17(20)11-10-16-3-2-12-21-16/h2-3,6-9,12-13H,4-5,10-11H2,1H3,(H,19,20). The van der Waals surface area contributed by atoms with Crippen LogP contribution in [0, 0.1) is 0 Å². The Labute approximate surface area is 133 Å². The van der Waals surface area contributed by atoms with Crippen molar-refractivity contribution in [2.75, 3.05) is 0 Å². The number of benzene rings is 1. The lowest BCUT2D eigenvalue weighted by atomic mass is 10.1. The van der Waals surface area contributed by atoms with E-state index >= 15 is 0 Å². The van der Waals surface area contributed by atoms with E-state index in [-0.39, 0.29) is 11.9 Å². The van der Waals surface area contributed by atoms with Crippen LogP contribution in [0.4, 0.5) is 0 Å². The molecule has 0 aliphatic rings. The first-order valence-corrected chi connectivity index (χ1v) is 7.99. The molecular weight excluding hydrogens is 330 g/mol. The summed E-state index contributed by atoms with van der Waals surface area (Å²) in [6.07, 6.45) is 4.66. The lowest BCUT2D eigenvalue weighted by Crippen LogP contribution is -2.33. The van der Waals surface area contributed by atoms with Crippen molar-refractivity contribution in [1.82, 2.24) is 5.32 Å². The van der Waals surface area contributed by atoms with E-state index in [1.807, 2.05) is 31.2 Å². The summed E-state index contributed by atoms with van der Waals surface area (Å²) in [4.78, 5) is 11.8. The minimum atomic E-state index is 0.0784. The largest absolute Gasteiger partial charge is 0.469 e. The van der Waals surface area contributed by atoms with Gasteiger partial charge in [0.1, 0.15) is 5.76 Å². The highest BCUT2D eigenvalue weighted by molar-refractivity contribution is 9.10. The molecule has 0 saturated heterocycles. The SMILES string of the molecule is CC(CCc1ccc(Br)cc1)NC(=O)CCc1ccco1. The number of amides is 1. The molecule has 0 spiro atoms. The van der Waals surface area contributed by atoms with Crippen LogP contribution >= 0.6 is 15.9 Å². The third-order valence-corrected chi connectivity index (χ3v) is 3.89. The fourth-order valence-corrected chi connectivity index (χ4v) is 2.41. The Hall–Kier alpha value is -1.55. The first kappa shape index (κ1) is 15.8. The third-order valence-electron chi connectivity index (χ3n) is 3.37. The van der Waals surface area contributed by atoms with Gasteiger partial charge in [0.05, 0.1) is 6.26 Å². The number of rotatable bonds is 7. The van der Waals surface area contributed by atoms with E-state index in [9.17, 15) is 4.79 Å². The molecule has 1 amide bonds. The predicted molar refractivity (Wildman–Crippen MR) is 87.1 cm³/mol. The van der Waals surface area contributed by atoms with Crippen molar-refractivity contribution in [3.05, 3.63) is 58.5 Å². The van der Waals surface area contributed by atoms with Gasteiger partial charge in [0.25, 0.3) is 0 Å². The topological polar surface area (TPSA) is 42.2 Å². The molecule has 2 rings (SSSR count). The van der Waals surface area contributed by atoms with Crippen molar-refractivity contribution in [3.8, 4) is 0 Å². The molecule has 112 valence electrons. The number of furan rings is 1. The number of hydrogen-bond acceptors (Lipinski definition) is 2. The molecule has 21 heavy (non-hydrogen) atoms. The Kier molecular flexibility index (Phi) is 6.05. The number of hydrogen-bond donors (Lipinski definition) is 1. The van der Waals surface area contributed by atoms with Crippen LogP contribution in [0.5, 0.6) is 0 Å². The Morgan fingerprint density at radius 1 is 1.24 bits per heavy atom. The molecule has 1 N–H and O–H groups in total. The lowest BCUT2D eigenvalue weighted by Gasteiger charge is -2.13. The summed E-state index contributed by atoms with van der Waals surface area (Å²) in [7, 11) is 0. The van der Waals surface area contributed by atoms with Gasteiger partial charge in [-0.3, -0.25) is 4.79 Å². The zero-order valence-electron chi connectivity index (χ0n) is 12.1. The van der Waals surface area contributed by atoms with Crippen LogP contribution in [0.2, 0.25) is 0 Å². The summed E-state index contributed by atoms with van der Waals surface area (Å²) in [6.45, 7) is 2.05. The molecule has 1 aromatic heterocycles. The zero-order valence-corrected chi connectivity index (χ0v) is 13.7. The van der Waals surface area contributed by atoms with Crippen LogP contribution in [-0.4, -0.2) is 11.9 Å². The molecule has 1 unspecified atom stereocenters. The fraction of sp³-hybridized carbons (Fsp3) is 0.353. The van der Waals surface area contributed by atoms with E-state index in [0.29, 0.717) is 12.8 Å². The fourth-order valence-electron chi connectivity index (χ4n) is 2.14. The van der Waals surface area contributed by atoms with Gasteiger partial charge in [0, 0.05) is 23.4 Å². The zero-order chi connectivity index (χ0) is 15.1. The van der Waals surface area contributed by atoms with Crippen molar-refractivity contribution >= 4 is 21.8 Å². The molecule has 1 heterocycles. The Morgan fingerprint density at radius 2 is 2.00 bits per heavy atom. The Morgan fingerprint density at radius 3 is 2.67 bits per heavy atom. The molecule has 0 bridgehead atoms. The van der Waals surface area contributed by atoms with Gasteiger partial charge in [-0.15, -0.1) is 0 Å². The van der Waals surface area contributed by atoms with Gasteiger partial charge in [0.2, 0.25) is 5.91 Å². The lowest BCUT2D eigenvalue weighted by molar-refractivity contribution is -0.121. The molecule has 0 aliphatic carbocycles. The first-order valence-electron chi connectivity index (χ1n) is 7.19. The van der Waals surface area contributed by atoms with Crippen LogP contribution < -0.4 is 5.32 Å². The highest BCUT2D eigenvalue weighted by Crippen LogP contribution is 2.12. The minimum absolute atomic E-state index is 0.0784. The summed E-state index contributed by atoms with van der Waals surface area (Å²) >= 11 is 3.43. The van der Waals surface area contributed by atoms with Gasteiger partial charge >= 0.3 is 0 Å². The molecule has 0 aliphatic heterocycles. The normalized spacial score (nSPS) is 12.1. The van der Waals surface area contributed by atoms with E-state index in [2.05, 4.69) is 33.4 Å². The second kappa shape index (κ2) is 8.03. The van der Waals surface area contributed by atoms with E-state index in [4.69, 9.17) is 4.42 Å². The Balaban J connectivity index is 1.67. The third kappa shape index (κ3) is 5.76. The molecule has 2 aromatic rings. The second-order valence-corrected chi connectivity index (χ2v) is 6.13. The molecular formula is C17H20BrNO2. The summed E-state index contributed by atoms with van der Waals surface area (Å²) in [5.74, 6) is 0.933. The van der Waals surface area contributed by atoms with Crippen molar-refractivity contribution in [1.29, 1.82) is 0 Å². The number of aryl methyl sites for hydroxylation is 2. The summed E-state index contributed by atoms with van der Waals surface area (Å²) in [5.41, 5.74) is 1.29. The van der Waals surface area contributed by atoms with Crippen molar-refractivity contribution in [2.45, 2.75) is 38.6 Å². The average molecular weight is 350 g/mol. The van der Waals surface area contributed by atoms with Crippen LogP contribution in [0.1, 0.15) is 31.1 Å². The van der Waals surface area contributed by atoms with Crippen LogP contribution in [-0.2, 0) is 17.6 Å². The van der Waals surface area contributed by atoms with Crippen LogP contribution in [0.3, 0.4) is 0 Å². The molecule has 0 radical (unpaired) electrons. The van der Waals surface area contributed by atoms with Gasteiger partial charge in [-0.2, -0.15) is 0 Å². The quantitative estimate of drug-likeness (QED) is 0.817. The smallest absolute Gasteiger partial charge is 0.220 e. The average Bonchev–Trinajstić information content (AvgIpc) is 2.98. The van der Waals surface area contributed by atoms with E-state index in [1.54, 1.807) is 6.26 Å². The molecule has 4 heteroatoms. The summed E-state index contributed by atoms with van der Waals surface area (Å²) < 4.78 is 6.31. The molecule has 1 aromatic carbocycles. The number of carbonyl (C=O) groups is 1. The predicted octanol–water partition coefficient (Wildman–Crippen LogP) is 4.11. The maximum atomic E-state index is 11.8. The maximum absolute atomic E-state index is 11.8. The number of carbonyl (C=O) groups excluding carboxylic acids is 1. The van der Waals surface area contributed by atoms with Gasteiger partial charge in [-0.1, -0.05) is 28.1 Å². The van der Waals surface area contributed by atoms with Crippen molar-refractivity contribution < 1.29 is 9.21 Å². The molecule has 1 atom stereocenters. The second-order valence-electron chi connectivity index (χ2n) is 5.21. The molecule has 3 nitrogen and oxygen atoms in total. The van der Waals surface area contributed by atoms with Gasteiger partial charge in [-0.25, -0.2) is 0 Å². The Bertz CT molecular complexity index is 549. The number of halogens is 1. The highest BCUT2D eigenvalue weighted by atomic mass is 79.9. The van der Waals surface area contributed by atoms with Gasteiger partial charge in [0.15, 0.2) is 0 Å². The number of nitrogens with one attached hydrogen (secondary N) is 1. The highest BCUT2D eigenvalue weighted by Gasteiger charge is 2.08. The molecule has 0 fully saturated rings. The van der Waals surface area contributed by atoms with E-state index < -0.39 is 0 Å². The van der Waals surface area contributed by atoms with Crippen molar-refractivity contribution in [2.24, 2.45) is 0 Å². The van der Waals surface area contributed by atoms with Crippen molar-refractivity contribution in [3.63, 3.8) is 0 Å². The maximum Gasteiger partial charge on any atom is 0.220 e. The van der Waals surface area contributed by atoms with Gasteiger partial charge in [-0.05, 0) is 49.6 Å². The molecule has 0 saturated carbocycles. The van der Waals surface area contributed by atoms with E-state index in [0.717, 1.165) is 23.1 Å². The van der Waals surface area contributed by atoms with Crippen LogP contribution in [0.25, 0.3) is 0 Å². The minimum Gasteiger partial charge on any atom is -0.469 e. The van der Waals surface area contributed by atoms with Crippen LogP contribution in [0.15, 0.2) is 51.6 Å². The summed E-state index contributed by atoms with van der Waals surface area (Å²) in [6, 6.07) is 12.2. The van der Waals surface area contributed by atoms with Gasteiger partial charge < -0.3 is 9.73 Å².